The molecule has 1 nitrogen and oxygen atoms in total. The van der Waals surface area contributed by atoms with Gasteiger partial charge in [0.05, 0.1) is 11.8 Å². The van der Waals surface area contributed by atoms with E-state index < -0.39 is 0 Å². The lowest BCUT2D eigenvalue weighted by molar-refractivity contribution is -0.120. The number of benzene rings is 4. The Morgan fingerprint density at radius 1 is 0.562 bits per heavy atom. The average molecular weight is 451 g/mol. The molecule has 6 rings (SSSR count). The number of aryl methyl sites for hydroxylation is 2. The van der Waals surface area contributed by atoms with E-state index in [1.54, 1.807) is 23.5 Å². The maximum absolute atomic E-state index is 14.7. The highest BCUT2D eigenvalue weighted by atomic mass is 32.2. The zero-order valence-electron chi connectivity index (χ0n) is 18.0. The van der Waals surface area contributed by atoms with E-state index in [0.29, 0.717) is 0 Å². The minimum atomic E-state index is -0.266. The van der Waals surface area contributed by atoms with Crippen molar-refractivity contribution in [2.45, 2.75) is 45.3 Å². The second kappa shape index (κ2) is 7.68. The summed E-state index contributed by atoms with van der Waals surface area (Å²) in [6.45, 7) is 4.27. The Morgan fingerprint density at radius 2 is 0.969 bits per heavy atom. The fourth-order valence-corrected chi connectivity index (χ4v) is 7.60. The number of carbonyl (C=O) groups excluding carboxylic acids is 1. The topological polar surface area (TPSA) is 17.1 Å². The molecule has 0 fully saturated rings. The molecule has 0 spiro atoms. The molecule has 0 radical (unpaired) electrons. The van der Waals surface area contributed by atoms with Gasteiger partial charge in [-0.2, -0.15) is 0 Å². The van der Waals surface area contributed by atoms with Crippen LogP contribution in [0, 0.1) is 13.8 Å². The van der Waals surface area contributed by atoms with Crippen molar-refractivity contribution in [2.24, 2.45) is 0 Å². The van der Waals surface area contributed by atoms with Crippen molar-refractivity contribution in [3.63, 3.8) is 0 Å². The monoisotopic (exact) mass is 450 g/mol. The van der Waals surface area contributed by atoms with Crippen molar-refractivity contribution < 1.29 is 4.79 Å². The lowest BCUT2D eigenvalue weighted by atomic mass is 9.75. The highest BCUT2D eigenvalue weighted by Crippen LogP contribution is 2.53. The number of rotatable bonds is 2. The SMILES string of the molecule is Cc1cccc2c1C(C(=O)C1c3ccccc3Sc3cccc(C)c31)c1ccccc1S2. The molecule has 3 heteroatoms. The van der Waals surface area contributed by atoms with Crippen molar-refractivity contribution in [1.29, 1.82) is 0 Å². The van der Waals surface area contributed by atoms with Gasteiger partial charge in [-0.1, -0.05) is 84.2 Å². The maximum atomic E-state index is 14.7. The van der Waals surface area contributed by atoms with Crippen LogP contribution in [-0.4, -0.2) is 5.78 Å². The molecule has 0 bridgehead atoms. The van der Waals surface area contributed by atoms with Gasteiger partial charge in [0.25, 0.3) is 0 Å². The normalized spacial score (nSPS) is 18.2. The van der Waals surface area contributed by atoms with Gasteiger partial charge < -0.3 is 0 Å². The van der Waals surface area contributed by atoms with Gasteiger partial charge in [-0.05, 0) is 71.5 Å². The van der Waals surface area contributed by atoms with Gasteiger partial charge in [0.2, 0.25) is 0 Å². The number of hydrogen-bond acceptors (Lipinski definition) is 3. The first kappa shape index (κ1) is 19.9. The number of fused-ring (bicyclic) bond motifs is 4. The summed E-state index contributed by atoms with van der Waals surface area (Å²) in [6, 6.07) is 29.6. The number of ketones is 1. The molecule has 0 amide bonds. The second-order valence-electron chi connectivity index (χ2n) is 8.52. The molecule has 156 valence electrons. The predicted molar refractivity (Wildman–Crippen MR) is 132 cm³/mol. The first-order valence-corrected chi connectivity index (χ1v) is 12.5. The molecule has 2 unspecified atom stereocenters. The van der Waals surface area contributed by atoms with Gasteiger partial charge >= 0.3 is 0 Å². The Morgan fingerprint density at radius 3 is 1.44 bits per heavy atom. The van der Waals surface area contributed by atoms with Crippen LogP contribution < -0.4 is 0 Å². The molecular formula is C29H22OS2. The lowest BCUT2D eigenvalue weighted by Gasteiger charge is -2.34. The van der Waals surface area contributed by atoms with Gasteiger partial charge in [-0.25, -0.2) is 0 Å². The van der Waals surface area contributed by atoms with Crippen molar-refractivity contribution in [1.82, 2.24) is 0 Å². The Kier molecular flexibility index (Phi) is 4.78. The van der Waals surface area contributed by atoms with Crippen LogP contribution in [0.2, 0.25) is 0 Å². The van der Waals surface area contributed by atoms with E-state index in [9.17, 15) is 4.79 Å². The maximum Gasteiger partial charge on any atom is 0.156 e. The van der Waals surface area contributed by atoms with Gasteiger partial charge in [-0.3, -0.25) is 4.79 Å². The fourth-order valence-electron chi connectivity index (χ4n) is 5.15. The lowest BCUT2D eigenvalue weighted by Crippen LogP contribution is -2.28. The molecular weight excluding hydrogens is 428 g/mol. The summed E-state index contributed by atoms with van der Waals surface area (Å²) in [5, 5.41) is 0. The third-order valence-electron chi connectivity index (χ3n) is 6.61. The van der Waals surface area contributed by atoms with Crippen LogP contribution in [0.4, 0.5) is 0 Å². The van der Waals surface area contributed by atoms with E-state index in [-0.39, 0.29) is 17.6 Å². The molecule has 2 aliphatic rings. The minimum Gasteiger partial charge on any atom is -0.298 e. The average Bonchev–Trinajstić information content (AvgIpc) is 2.81. The van der Waals surface area contributed by atoms with Crippen molar-refractivity contribution in [3.8, 4) is 0 Å². The van der Waals surface area contributed by atoms with Gasteiger partial charge in [0.15, 0.2) is 5.78 Å². The van der Waals surface area contributed by atoms with Crippen LogP contribution >= 0.6 is 23.5 Å². The van der Waals surface area contributed by atoms with E-state index in [2.05, 4.69) is 98.8 Å². The van der Waals surface area contributed by atoms with Crippen LogP contribution in [-0.2, 0) is 4.79 Å². The molecule has 0 aromatic heterocycles. The Labute approximate surface area is 197 Å². The summed E-state index contributed by atoms with van der Waals surface area (Å²) in [6.07, 6.45) is 0. The zero-order chi connectivity index (χ0) is 21.8. The highest BCUT2D eigenvalue weighted by Gasteiger charge is 2.40. The smallest absolute Gasteiger partial charge is 0.156 e. The molecule has 4 aromatic carbocycles. The standard InChI is InChI=1S/C29H22OS2/c1-17-9-7-15-23-25(17)27(19-11-3-5-13-21(19)31-23)29(30)28-20-12-4-6-14-22(20)32-24-16-8-10-18(2)26(24)28/h3-16,27-28H,1-2H3. The van der Waals surface area contributed by atoms with E-state index in [1.807, 2.05) is 0 Å². The van der Waals surface area contributed by atoms with E-state index in [4.69, 9.17) is 0 Å². The summed E-state index contributed by atoms with van der Waals surface area (Å²) >= 11 is 3.57. The molecule has 0 N–H and O–H groups in total. The largest absolute Gasteiger partial charge is 0.298 e. The summed E-state index contributed by atoms with van der Waals surface area (Å²) in [5.41, 5.74) is 6.99. The third-order valence-corrected chi connectivity index (χ3v) is 8.95. The molecule has 4 aromatic rings. The zero-order valence-corrected chi connectivity index (χ0v) is 19.6. The van der Waals surface area contributed by atoms with Gasteiger partial charge in [0, 0.05) is 19.6 Å². The Balaban J connectivity index is 1.61. The van der Waals surface area contributed by atoms with Crippen LogP contribution in [0.3, 0.4) is 0 Å². The molecule has 2 atom stereocenters. The Hall–Kier alpha value is -2.75. The van der Waals surface area contributed by atoms with Gasteiger partial charge in [0.1, 0.15) is 0 Å². The molecule has 0 saturated heterocycles. The highest BCUT2D eigenvalue weighted by molar-refractivity contribution is 7.99. The van der Waals surface area contributed by atoms with Crippen LogP contribution in [0.15, 0.2) is 105 Å². The van der Waals surface area contributed by atoms with Gasteiger partial charge in [-0.15, -0.1) is 0 Å². The van der Waals surface area contributed by atoms with Crippen LogP contribution in [0.25, 0.3) is 0 Å². The summed E-state index contributed by atoms with van der Waals surface area (Å²) in [7, 11) is 0. The summed E-state index contributed by atoms with van der Waals surface area (Å²) in [5.74, 6) is -0.258. The predicted octanol–water partition coefficient (Wildman–Crippen LogP) is 7.77. The number of carbonyl (C=O) groups is 1. The minimum absolute atomic E-state index is 0.266. The van der Waals surface area contributed by atoms with Crippen LogP contribution in [0.1, 0.15) is 45.2 Å². The molecule has 2 aliphatic heterocycles. The van der Waals surface area contributed by atoms with E-state index in [1.165, 1.54) is 41.8 Å². The van der Waals surface area contributed by atoms with Crippen molar-refractivity contribution >= 4 is 29.3 Å². The molecule has 2 heterocycles. The van der Waals surface area contributed by atoms with Crippen molar-refractivity contribution in [2.75, 3.05) is 0 Å². The Bertz CT molecular complexity index is 1280. The number of Topliss-reactive ketones (excluding diaryl/α,β-unsaturated/α-hetero) is 1. The van der Waals surface area contributed by atoms with Crippen molar-refractivity contribution in [3.05, 3.63) is 118 Å². The fraction of sp³-hybridized carbons (Fsp3) is 0.138. The van der Waals surface area contributed by atoms with Crippen LogP contribution in [0.5, 0.6) is 0 Å². The summed E-state index contributed by atoms with van der Waals surface area (Å²) in [4.78, 5) is 19.5. The third kappa shape index (κ3) is 2.99. The second-order valence-corrected chi connectivity index (χ2v) is 10.7. The quantitative estimate of drug-likeness (QED) is 0.310. The summed E-state index contributed by atoms with van der Waals surface area (Å²) < 4.78 is 0. The number of hydrogen-bond donors (Lipinski definition) is 0. The molecule has 32 heavy (non-hydrogen) atoms. The molecule has 0 aliphatic carbocycles. The van der Waals surface area contributed by atoms with E-state index >= 15 is 0 Å². The first-order valence-electron chi connectivity index (χ1n) is 10.9. The van der Waals surface area contributed by atoms with E-state index in [0.717, 1.165) is 11.1 Å². The molecule has 0 saturated carbocycles. The first-order chi connectivity index (χ1) is 15.6.